The largest absolute Gasteiger partial charge is 0.463 e. The molecule has 2 heterocycles. The van der Waals surface area contributed by atoms with Gasteiger partial charge in [0, 0.05) is 12.3 Å². The van der Waals surface area contributed by atoms with E-state index in [9.17, 15) is 4.79 Å². The highest BCUT2D eigenvalue weighted by molar-refractivity contribution is 5.87. The zero-order chi connectivity index (χ0) is 11.4. The van der Waals surface area contributed by atoms with Crippen molar-refractivity contribution in [2.75, 3.05) is 6.61 Å². The maximum absolute atomic E-state index is 11.1. The van der Waals surface area contributed by atoms with Gasteiger partial charge >= 0.3 is 5.97 Å². The van der Waals surface area contributed by atoms with Crippen molar-refractivity contribution in [3.8, 4) is 0 Å². The van der Waals surface area contributed by atoms with Gasteiger partial charge in [0.15, 0.2) is 5.65 Å². The van der Waals surface area contributed by atoms with Gasteiger partial charge in [-0.05, 0) is 30.7 Å². The second-order valence-electron chi connectivity index (χ2n) is 3.14. The van der Waals surface area contributed by atoms with Gasteiger partial charge in [0.2, 0.25) is 0 Å². The molecule has 0 aliphatic heterocycles. The first-order valence-electron chi connectivity index (χ1n) is 4.94. The molecule has 2 aromatic heterocycles. The SMILES string of the molecule is CCOC(=O)/C=C/c1ccc2nncn2c1. The molecule has 0 bridgehead atoms. The first kappa shape index (κ1) is 10.4. The third-order valence-corrected chi connectivity index (χ3v) is 2.01. The standard InChI is InChI=1S/C11H11N3O2/c1-2-16-11(15)6-4-9-3-5-10-13-12-8-14(10)7-9/h3-8H,2H2,1H3/b6-4+. The summed E-state index contributed by atoms with van der Waals surface area (Å²) in [5.74, 6) is -0.341. The third-order valence-electron chi connectivity index (χ3n) is 2.01. The summed E-state index contributed by atoms with van der Waals surface area (Å²) in [5.41, 5.74) is 1.66. The third kappa shape index (κ3) is 2.25. The van der Waals surface area contributed by atoms with Crippen molar-refractivity contribution in [1.29, 1.82) is 0 Å². The van der Waals surface area contributed by atoms with Crippen molar-refractivity contribution in [2.45, 2.75) is 6.92 Å². The maximum atomic E-state index is 11.1. The average Bonchev–Trinajstić information content (AvgIpc) is 2.74. The van der Waals surface area contributed by atoms with Gasteiger partial charge < -0.3 is 4.74 Å². The smallest absolute Gasteiger partial charge is 0.330 e. The van der Waals surface area contributed by atoms with Crippen LogP contribution >= 0.6 is 0 Å². The fourth-order valence-electron chi connectivity index (χ4n) is 1.30. The number of hydrogen-bond acceptors (Lipinski definition) is 4. The molecule has 5 nitrogen and oxygen atoms in total. The number of hydrogen-bond donors (Lipinski definition) is 0. The van der Waals surface area contributed by atoms with E-state index in [1.165, 1.54) is 6.08 Å². The Balaban J connectivity index is 2.17. The van der Waals surface area contributed by atoms with Crippen LogP contribution in [0, 0.1) is 0 Å². The summed E-state index contributed by atoms with van der Waals surface area (Å²) in [6.07, 6.45) is 6.54. The predicted molar refractivity (Wildman–Crippen MR) is 58.7 cm³/mol. The summed E-state index contributed by atoms with van der Waals surface area (Å²) in [6, 6.07) is 3.69. The van der Waals surface area contributed by atoms with Crippen LogP contribution in [-0.4, -0.2) is 27.2 Å². The van der Waals surface area contributed by atoms with Crippen LogP contribution in [0.3, 0.4) is 0 Å². The second kappa shape index (κ2) is 4.57. The molecule has 0 saturated heterocycles. The number of ether oxygens (including phenoxy) is 1. The van der Waals surface area contributed by atoms with E-state index >= 15 is 0 Å². The molecular formula is C11H11N3O2. The van der Waals surface area contributed by atoms with Crippen molar-refractivity contribution in [3.05, 3.63) is 36.3 Å². The number of rotatable bonds is 3. The molecule has 0 aliphatic rings. The van der Waals surface area contributed by atoms with E-state index in [0.717, 1.165) is 11.2 Å². The first-order valence-corrected chi connectivity index (χ1v) is 4.94. The highest BCUT2D eigenvalue weighted by Crippen LogP contribution is 2.05. The Labute approximate surface area is 92.4 Å². The molecule has 0 aliphatic carbocycles. The molecule has 5 heteroatoms. The number of pyridine rings is 1. The quantitative estimate of drug-likeness (QED) is 0.574. The van der Waals surface area contributed by atoms with Crippen LogP contribution in [0.4, 0.5) is 0 Å². The van der Waals surface area contributed by atoms with Crippen molar-refractivity contribution >= 4 is 17.7 Å². The van der Waals surface area contributed by atoms with Crippen molar-refractivity contribution in [2.24, 2.45) is 0 Å². The van der Waals surface area contributed by atoms with E-state index < -0.39 is 0 Å². The van der Waals surface area contributed by atoms with Crippen LogP contribution < -0.4 is 0 Å². The number of esters is 1. The lowest BCUT2D eigenvalue weighted by Gasteiger charge is -1.96. The number of fused-ring (bicyclic) bond motifs is 1. The van der Waals surface area contributed by atoms with E-state index in [2.05, 4.69) is 10.2 Å². The van der Waals surface area contributed by atoms with Crippen LogP contribution in [0.2, 0.25) is 0 Å². The molecule has 2 rings (SSSR count). The molecule has 0 atom stereocenters. The van der Waals surface area contributed by atoms with Crippen LogP contribution in [0.1, 0.15) is 12.5 Å². The molecule has 0 N–H and O–H groups in total. The maximum Gasteiger partial charge on any atom is 0.330 e. The van der Waals surface area contributed by atoms with Gasteiger partial charge in [-0.1, -0.05) is 0 Å². The minimum absolute atomic E-state index is 0.341. The summed E-state index contributed by atoms with van der Waals surface area (Å²) in [4.78, 5) is 11.1. The topological polar surface area (TPSA) is 56.5 Å². The molecular weight excluding hydrogens is 206 g/mol. The summed E-state index contributed by atoms with van der Waals surface area (Å²) in [5, 5.41) is 7.65. The van der Waals surface area contributed by atoms with Gasteiger partial charge in [0.05, 0.1) is 6.61 Å². The molecule has 16 heavy (non-hydrogen) atoms. The fraction of sp³-hybridized carbons (Fsp3) is 0.182. The highest BCUT2D eigenvalue weighted by atomic mass is 16.5. The number of carbonyl (C=O) groups is 1. The fourth-order valence-corrected chi connectivity index (χ4v) is 1.30. The van der Waals surface area contributed by atoms with Crippen molar-refractivity contribution in [1.82, 2.24) is 14.6 Å². The first-order chi connectivity index (χ1) is 7.79. The summed E-state index contributed by atoms with van der Waals surface area (Å²) in [7, 11) is 0. The van der Waals surface area contributed by atoms with Gasteiger partial charge in [-0.3, -0.25) is 4.40 Å². The Bertz CT molecular complexity index is 531. The molecule has 82 valence electrons. The van der Waals surface area contributed by atoms with E-state index in [4.69, 9.17) is 4.74 Å². The van der Waals surface area contributed by atoms with E-state index in [-0.39, 0.29) is 5.97 Å². The van der Waals surface area contributed by atoms with Crippen LogP contribution in [0.5, 0.6) is 0 Å². The molecule has 0 aromatic carbocycles. The minimum atomic E-state index is -0.341. The van der Waals surface area contributed by atoms with Crippen LogP contribution in [-0.2, 0) is 9.53 Å². The Morgan fingerprint density at radius 1 is 1.56 bits per heavy atom. The molecule has 0 radical (unpaired) electrons. The minimum Gasteiger partial charge on any atom is -0.463 e. The molecule has 0 saturated carbocycles. The monoisotopic (exact) mass is 217 g/mol. The molecule has 0 unspecified atom stereocenters. The predicted octanol–water partition coefficient (Wildman–Crippen LogP) is 1.31. The van der Waals surface area contributed by atoms with Crippen LogP contribution in [0.15, 0.2) is 30.7 Å². The normalized spacial score (nSPS) is 11.1. The van der Waals surface area contributed by atoms with Gasteiger partial charge in [-0.2, -0.15) is 0 Å². The van der Waals surface area contributed by atoms with E-state index in [1.807, 2.05) is 18.3 Å². The Kier molecular flexibility index (Phi) is 2.95. The zero-order valence-corrected chi connectivity index (χ0v) is 8.83. The summed E-state index contributed by atoms with van der Waals surface area (Å²) >= 11 is 0. The van der Waals surface area contributed by atoms with Crippen LogP contribution in [0.25, 0.3) is 11.7 Å². The lowest BCUT2D eigenvalue weighted by Crippen LogP contribution is -1.98. The Morgan fingerprint density at radius 2 is 2.44 bits per heavy atom. The van der Waals surface area contributed by atoms with E-state index in [1.54, 1.807) is 23.7 Å². The lowest BCUT2D eigenvalue weighted by molar-refractivity contribution is -0.137. The Morgan fingerprint density at radius 3 is 3.25 bits per heavy atom. The summed E-state index contributed by atoms with van der Waals surface area (Å²) in [6.45, 7) is 2.16. The van der Waals surface area contributed by atoms with Gasteiger partial charge in [0.25, 0.3) is 0 Å². The average molecular weight is 217 g/mol. The molecule has 0 amide bonds. The van der Waals surface area contributed by atoms with Crippen molar-refractivity contribution < 1.29 is 9.53 Å². The second-order valence-corrected chi connectivity index (χ2v) is 3.14. The zero-order valence-electron chi connectivity index (χ0n) is 8.83. The molecule has 0 fully saturated rings. The number of carbonyl (C=O) groups excluding carboxylic acids is 1. The van der Waals surface area contributed by atoms with Gasteiger partial charge in [-0.25, -0.2) is 4.79 Å². The van der Waals surface area contributed by atoms with Gasteiger partial charge in [0.1, 0.15) is 6.33 Å². The Hall–Kier alpha value is -2.17. The number of aromatic nitrogens is 3. The molecule has 2 aromatic rings. The number of nitrogens with zero attached hydrogens (tertiary/aromatic N) is 3. The lowest BCUT2D eigenvalue weighted by atomic mass is 10.2. The molecule has 0 spiro atoms. The van der Waals surface area contributed by atoms with Gasteiger partial charge in [-0.15, -0.1) is 10.2 Å². The van der Waals surface area contributed by atoms with Crippen molar-refractivity contribution in [3.63, 3.8) is 0 Å². The summed E-state index contributed by atoms with van der Waals surface area (Å²) < 4.78 is 6.56. The van der Waals surface area contributed by atoms with E-state index in [0.29, 0.717) is 6.61 Å². The highest BCUT2D eigenvalue weighted by Gasteiger charge is 1.96.